The van der Waals surface area contributed by atoms with Gasteiger partial charge in [0, 0.05) is 11.1 Å². The Labute approximate surface area is 173 Å². The van der Waals surface area contributed by atoms with Gasteiger partial charge in [-0.25, -0.2) is 22.4 Å². The Hall–Kier alpha value is -3.88. The molecular formula is C22H15F4NO4. The summed E-state index contributed by atoms with van der Waals surface area (Å²) in [4.78, 5) is 24.6. The van der Waals surface area contributed by atoms with Crippen LogP contribution in [0.1, 0.15) is 23.7 Å². The number of aliphatic carboxylic acids is 1. The monoisotopic (exact) mass is 433 g/mol. The SMILES string of the molecule is CCC(Nc1c(O)ccc2ccccc12)=C(C(=O)O)C(=O)c1cc(F)c(F)c(F)c1F. The van der Waals surface area contributed by atoms with Crippen molar-refractivity contribution >= 4 is 28.2 Å². The van der Waals surface area contributed by atoms with E-state index < -0.39 is 46.2 Å². The standard InChI is InChI=1S/C22H15F4NO4/c1-2-14(27-20-11-6-4-3-5-10(11)7-8-15(20)28)16(22(30)31)21(29)12-9-13(23)18(25)19(26)17(12)24/h3-9,27-28H,2H2,1H3,(H,30,31). The highest BCUT2D eigenvalue weighted by Gasteiger charge is 2.30. The highest BCUT2D eigenvalue weighted by atomic mass is 19.2. The Bertz CT molecular complexity index is 1250. The molecule has 0 aliphatic rings. The van der Waals surface area contributed by atoms with E-state index in [1.54, 1.807) is 30.3 Å². The van der Waals surface area contributed by atoms with Gasteiger partial charge in [-0.1, -0.05) is 37.3 Å². The summed E-state index contributed by atoms with van der Waals surface area (Å²) in [6, 6.07) is 9.85. The molecule has 0 aliphatic heterocycles. The summed E-state index contributed by atoms with van der Waals surface area (Å²) in [5.74, 6) is -11.8. The summed E-state index contributed by atoms with van der Waals surface area (Å²) in [5, 5.41) is 23.7. The summed E-state index contributed by atoms with van der Waals surface area (Å²) in [7, 11) is 0. The van der Waals surface area contributed by atoms with E-state index in [0.29, 0.717) is 10.8 Å². The van der Waals surface area contributed by atoms with E-state index in [-0.39, 0.29) is 29.6 Å². The topological polar surface area (TPSA) is 86.6 Å². The quantitative estimate of drug-likeness (QED) is 0.0732. The fourth-order valence-electron chi connectivity index (χ4n) is 3.11. The number of anilines is 1. The van der Waals surface area contributed by atoms with E-state index in [1.165, 1.54) is 13.0 Å². The summed E-state index contributed by atoms with van der Waals surface area (Å²) < 4.78 is 54.5. The number of carboxylic acids is 1. The number of carbonyl (C=O) groups excluding carboxylic acids is 1. The lowest BCUT2D eigenvalue weighted by molar-refractivity contribution is -0.132. The van der Waals surface area contributed by atoms with Crippen molar-refractivity contribution in [2.45, 2.75) is 13.3 Å². The maximum Gasteiger partial charge on any atom is 0.341 e. The van der Waals surface area contributed by atoms with Crippen LogP contribution in [0.25, 0.3) is 10.8 Å². The maximum atomic E-state index is 14.1. The maximum absolute atomic E-state index is 14.1. The predicted octanol–water partition coefficient (Wildman–Crippen LogP) is 5.15. The molecule has 3 N–H and O–H groups in total. The average molecular weight is 433 g/mol. The molecule has 0 fully saturated rings. The van der Waals surface area contributed by atoms with E-state index in [4.69, 9.17) is 0 Å². The minimum Gasteiger partial charge on any atom is -0.506 e. The Balaban J connectivity index is 2.19. The lowest BCUT2D eigenvalue weighted by Gasteiger charge is -2.16. The van der Waals surface area contributed by atoms with E-state index in [1.807, 2.05) is 0 Å². The van der Waals surface area contributed by atoms with Crippen LogP contribution in [0.15, 0.2) is 53.7 Å². The van der Waals surface area contributed by atoms with E-state index >= 15 is 0 Å². The van der Waals surface area contributed by atoms with Crippen LogP contribution in [0.4, 0.5) is 23.2 Å². The van der Waals surface area contributed by atoms with Crippen LogP contribution in [0.2, 0.25) is 0 Å². The van der Waals surface area contributed by atoms with Gasteiger partial charge in [0.2, 0.25) is 5.78 Å². The van der Waals surface area contributed by atoms with Crippen LogP contribution in [0.5, 0.6) is 5.75 Å². The molecule has 0 aliphatic carbocycles. The Morgan fingerprint density at radius 1 is 0.968 bits per heavy atom. The fourth-order valence-corrected chi connectivity index (χ4v) is 3.11. The second kappa shape index (κ2) is 8.47. The molecule has 0 bridgehead atoms. The van der Waals surface area contributed by atoms with Crippen LogP contribution >= 0.6 is 0 Å². The molecule has 0 radical (unpaired) electrons. The number of nitrogens with one attached hydrogen (secondary N) is 1. The van der Waals surface area contributed by atoms with Crippen molar-refractivity contribution < 1.29 is 37.4 Å². The molecule has 0 spiro atoms. The van der Waals surface area contributed by atoms with Gasteiger partial charge in [0.15, 0.2) is 23.3 Å². The molecule has 0 saturated carbocycles. The zero-order valence-electron chi connectivity index (χ0n) is 16.0. The first-order chi connectivity index (χ1) is 14.7. The molecule has 0 unspecified atom stereocenters. The number of carbonyl (C=O) groups is 2. The second-order valence-electron chi connectivity index (χ2n) is 6.50. The molecule has 31 heavy (non-hydrogen) atoms. The lowest BCUT2D eigenvalue weighted by Crippen LogP contribution is -2.20. The molecule has 0 aromatic heterocycles. The Morgan fingerprint density at radius 3 is 2.29 bits per heavy atom. The average Bonchev–Trinajstić information content (AvgIpc) is 2.75. The number of carboxylic acid groups (broad SMARTS) is 1. The number of phenols is 1. The number of halogens is 4. The van der Waals surface area contributed by atoms with Gasteiger partial charge in [0.25, 0.3) is 0 Å². The number of rotatable bonds is 6. The molecule has 5 nitrogen and oxygen atoms in total. The molecule has 0 atom stereocenters. The zero-order valence-corrected chi connectivity index (χ0v) is 16.0. The van der Waals surface area contributed by atoms with Crippen molar-refractivity contribution in [3.05, 3.63) is 82.6 Å². The highest BCUT2D eigenvalue weighted by Crippen LogP contribution is 2.34. The summed E-state index contributed by atoms with van der Waals surface area (Å²) in [5.41, 5.74) is -2.46. The normalized spacial score (nSPS) is 11.9. The molecule has 3 aromatic rings. The van der Waals surface area contributed by atoms with Crippen LogP contribution in [0.3, 0.4) is 0 Å². The number of fused-ring (bicyclic) bond motifs is 1. The molecule has 160 valence electrons. The number of hydrogen-bond donors (Lipinski definition) is 3. The highest BCUT2D eigenvalue weighted by molar-refractivity contribution is 6.24. The number of aromatic hydroxyl groups is 1. The van der Waals surface area contributed by atoms with Crippen LogP contribution in [0, 0.1) is 23.3 Å². The number of hydrogen-bond acceptors (Lipinski definition) is 4. The predicted molar refractivity (Wildman–Crippen MR) is 105 cm³/mol. The van der Waals surface area contributed by atoms with E-state index in [9.17, 15) is 37.4 Å². The first-order valence-electron chi connectivity index (χ1n) is 8.99. The van der Waals surface area contributed by atoms with Gasteiger partial charge < -0.3 is 15.5 Å². The molecule has 3 aromatic carbocycles. The van der Waals surface area contributed by atoms with Gasteiger partial charge >= 0.3 is 5.97 Å². The Kier molecular flexibility index (Phi) is 5.96. The van der Waals surface area contributed by atoms with Gasteiger partial charge in [-0.3, -0.25) is 4.79 Å². The first kappa shape index (κ1) is 21.8. The van der Waals surface area contributed by atoms with E-state index in [0.717, 1.165) is 0 Å². The number of ketones is 1. The summed E-state index contributed by atoms with van der Waals surface area (Å²) >= 11 is 0. The van der Waals surface area contributed by atoms with Crippen LogP contribution in [-0.2, 0) is 4.79 Å². The van der Waals surface area contributed by atoms with Crippen molar-refractivity contribution in [1.82, 2.24) is 0 Å². The molecule has 0 saturated heterocycles. The zero-order chi connectivity index (χ0) is 22.9. The van der Waals surface area contributed by atoms with Gasteiger partial charge in [0.1, 0.15) is 11.3 Å². The van der Waals surface area contributed by atoms with Crippen LogP contribution < -0.4 is 5.32 Å². The van der Waals surface area contributed by atoms with Crippen molar-refractivity contribution in [3.8, 4) is 5.75 Å². The number of benzene rings is 3. The molecule has 3 rings (SSSR count). The molecule has 0 heterocycles. The fraction of sp³-hybridized carbons (Fsp3) is 0.0909. The first-order valence-corrected chi connectivity index (χ1v) is 8.99. The largest absolute Gasteiger partial charge is 0.506 e. The van der Waals surface area contributed by atoms with Gasteiger partial charge in [-0.05, 0) is 23.9 Å². The number of Topliss-reactive ketones (excluding diaryl/α,β-unsaturated/α-hetero) is 1. The van der Waals surface area contributed by atoms with Gasteiger partial charge in [-0.15, -0.1) is 0 Å². The van der Waals surface area contributed by atoms with Crippen molar-refractivity contribution in [1.29, 1.82) is 0 Å². The third-order valence-corrected chi connectivity index (χ3v) is 4.63. The molecule has 0 amide bonds. The van der Waals surface area contributed by atoms with E-state index in [2.05, 4.69) is 5.32 Å². The third kappa shape index (κ3) is 3.94. The minimum atomic E-state index is -2.23. The number of phenolic OH excluding ortho intramolecular Hbond substituents is 1. The lowest BCUT2D eigenvalue weighted by atomic mass is 9.98. The van der Waals surface area contributed by atoms with Crippen LogP contribution in [-0.4, -0.2) is 22.0 Å². The van der Waals surface area contributed by atoms with Gasteiger partial charge in [0.05, 0.1) is 11.3 Å². The van der Waals surface area contributed by atoms with Gasteiger partial charge in [-0.2, -0.15) is 0 Å². The summed E-state index contributed by atoms with van der Waals surface area (Å²) in [6.07, 6.45) is -0.107. The third-order valence-electron chi connectivity index (χ3n) is 4.63. The molecule has 9 heteroatoms. The molecular weight excluding hydrogens is 418 g/mol. The number of allylic oxidation sites excluding steroid dienone is 1. The Morgan fingerprint density at radius 2 is 1.65 bits per heavy atom. The second-order valence-corrected chi connectivity index (χ2v) is 6.50. The smallest absolute Gasteiger partial charge is 0.341 e. The minimum absolute atomic E-state index is 0.0819. The van der Waals surface area contributed by atoms with Crippen molar-refractivity contribution in [2.24, 2.45) is 0 Å². The summed E-state index contributed by atoms with van der Waals surface area (Å²) in [6.45, 7) is 1.48. The van der Waals surface area contributed by atoms with Crippen molar-refractivity contribution in [2.75, 3.05) is 5.32 Å². The van der Waals surface area contributed by atoms with Crippen molar-refractivity contribution in [3.63, 3.8) is 0 Å².